The van der Waals surface area contributed by atoms with Crippen LogP contribution in [0.1, 0.15) is 33.1 Å². The zero-order chi connectivity index (χ0) is 12.7. The van der Waals surface area contributed by atoms with E-state index >= 15 is 0 Å². The molecule has 0 aliphatic carbocycles. The molecule has 5 nitrogen and oxygen atoms in total. The summed E-state index contributed by atoms with van der Waals surface area (Å²) in [4.78, 5) is 22.8. The molecule has 0 unspecified atom stereocenters. The average Bonchev–Trinajstić information content (AvgIpc) is 2.78. The van der Waals surface area contributed by atoms with Crippen LogP contribution in [0.3, 0.4) is 0 Å². The van der Waals surface area contributed by atoms with Crippen molar-refractivity contribution in [2.24, 2.45) is 5.92 Å². The standard InChI is InChI=1S/C12H22N2O3/c1-9(2)5-6-13-11(15)12(16)14-8-10-4-3-7-17-10/h9-10H,3-8H2,1-2H3,(H,13,15)(H,14,16)/t10-/m0/s1. The van der Waals surface area contributed by atoms with Crippen molar-refractivity contribution in [3.63, 3.8) is 0 Å². The van der Waals surface area contributed by atoms with Gasteiger partial charge in [0.1, 0.15) is 0 Å². The van der Waals surface area contributed by atoms with E-state index in [1.807, 2.05) is 0 Å². The average molecular weight is 242 g/mol. The summed E-state index contributed by atoms with van der Waals surface area (Å²) in [6.07, 6.45) is 2.93. The molecule has 2 N–H and O–H groups in total. The Bertz CT molecular complexity index is 260. The molecule has 5 heteroatoms. The summed E-state index contributed by atoms with van der Waals surface area (Å²) in [5.41, 5.74) is 0. The highest BCUT2D eigenvalue weighted by Gasteiger charge is 2.18. The quantitative estimate of drug-likeness (QED) is 0.688. The van der Waals surface area contributed by atoms with Crippen molar-refractivity contribution >= 4 is 11.8 Å². The van der Waals surface area contributed by atoms with Crippen LogP contribution in [0, 0.1) is 5.92 Å². The Labute approximate surface area is 102 Å². The summed E-state index contributed by atoms with van der Waals surface area (Å²) < 4.78 is 5.35. The van der Waals surface area contributed by atoms with E-state index in [0.29, 0.717) is 19.0 Å². The number of carbonyl (C=O) groups excluding carboxylic acids is 2. The molecule has 17 heavy (non-hydrogen) atoms. The third kappa shape index (κ3) is 5.68. The molecular weight excluding hydrogens is 220 g/mol. The molecule has 1 rings (SSSR count). The zero-order valence-corrected chi connectivity index (χ0v) is 10.6. The number of carbonyl (C=O) groups is 2. The molecule has 98 valence electrons. The molecule has 0 aromatic rings. The molecule has 0 bridgehead atoms. The van der Waals surface area contributed by atoms with E-state index < -0.39 is 11.8 Å². The van der Waals surface area contributed by atoms with Crippen LogP contribution in [0.4, 0.5) is 0 Å². The monoisotopic (exact) mass is 242 g/mol. The smallest absolute Gasteiger partial charge is 0.309 e. The minimum atomic E-state index is -0.566. The summed E-state index contributed by atoms with van der Waals surface area (Å²) in [5.74, 6) is -0.599. The number of ether oxygens (including phenoxy) is 1. The molecule has 0 radical (unpaired) electrons. The number of amides is 2. The van der Waals surface area contributed by atoms with Crippen molar-refractivity contribution in [2.45, 2.75) is 39.2 Å². The highest BCUT2D eigenvalue weighted by molar-refractivity contribution is 6.35. The molecule has 0 spiro atoms. The van der Waals surface area contributed by atoms with Crippen molar-refractivity contribution in [1.29, 1.82) is 0 Å². The fraction of sp³-hybridized carbons (Fsp3) is 0.833. The Balaban J connectivity index is 2.11. The molecule has 1 aliphatic heterocycles. The van der Waals surface area contributed by atoms with Crippen molar-refractivity contribution in [2.75, 3.05) is 19.7 Å². The minimum absolute atomic E-state index is 0.0717. The van der Waals surface area contributed by atoms with Gasteiger partial charge in [-0.05, 0) is 25.2 Å². The van der Waals surface area contributed by atoms with Gasteiger partial charge in [-0.25, -0.2) is 0 Å². The highest BCUT2D eigenvalue weighted by Crippen LogP contribution is 2.10. The lowest BCUT2D eigenvalue weighted by atomic mass is 10.1. The van der Waals surface area contributed by atoms with Crippen molar-refractivity contribution in [3.05, 3.63) is 0 Å². The summed E-state index contributed by atoms with van der Waals surface area (Å²) in [6.45, 7) is 5.87. The Kier molecular flexibility index (Phi) is 5.97. The van der Waals surface area contributed by atoms with Gasteiger partial charge >= 0.3 is 11.8 Å². The normalized spacial score (nSPS) is 19.4. The van der Waals surface area contributed by atoms with Crippen LogP contribution in [-0.4, -0.2) is 37.6 Å². The third-order valence-electron chi connectivity index (χ3n) is 2.73. The molecule has 1 fully saturated rings. The molecule has 1 saturated heterocycles. The maximum absolute atomic E-state index is 11.4. The van der Waals surface area contributed by atoms with Gasteiger partial charge in [0.15, 0.2) is 0 Å². The fourth-order valence-electron chi connectivity index (χ4n) is 1.65. The second-order valence-electron chi connectivity index (χ2n) is 4.78. The molecule has 0 saturated carbocycles. The Morgan fingerprint density at radius 3 is 2.59 bits per heavy atom. The Morgan fingerprint density at radius 1 is 1.29 bits per heavy atom. The fourth-order valence-corrected chi connectivity index (χ4v) is 1.65. The molecule has 1 aliphatic rings. The number of hydrogen-bond acceptors (Lipinski definition) is 3. The van der Waals surface area contributed by atoms with Gasteiger partial charge in [0.05, 0.1) is 6.10 Å². The van der Waals surface area contributed by atoms with Gasteiger partial charge in [-0.2, -0.15) is 0 Å². The zero-order valence-electron chi connectivity index (χ0n) is 10.6. The predicted molar refractivity (Wildman–Crippen MR) is 64.4 cm³/mol. The van der Waals surface area contributed by atoms with Crippen LogP contribution >= 0.6 is 0 Å². The van der Waals surface area contributed by atoms with Crippen LogP contribution in [0.15, 0.2) is 0 Å². The summed E-state index contributed by atoms with van der Waals surface area (Å²) in [5, 5.41) is 5.18. The lowest BCUT2D eigenvalue weighted by Crippen LogP contribution is -2.43. The van der Waals surface area contributed by atoms with Gasteiger partial charge in [-0.15, -0.1) is 0 Å². The first-order valence-corrected chi connectivity index (χ1v) is 6.27. The van der Waals surface area contributed by atoms with E-state index in [-0.39, 0.29) is 6.10 Å². The van der Waals surface area contributed by atoms with Crippen LogP contribution in [-0.2, 0) is 14.3 Å². The molecule has 1 heterocycles. The summed E-state index contributed by atoms with van der Waals surface area (Å²) in [6, 6.07) is 0. The van der Waals surface area contributed by atoms with E-state index in [1.165, 1.54) is 0 Å². The number of nitrogens with one attached hydrogen (secondary N) is 2. The summed E-state index contributed by atoms with van der Waals surface area (Å²) >= 11 is 0. The SMILES string of the molecule is CC(C)CCNC(=O)C(=O)NC[C@@H]1CCCO1. The van der Waals surface area contributed by atoms with E-state index in [9.17, 15) is 9.59 Å². The first-order valence-electron chi connectivity index (χ1n) is 6.27. The maximum Gasteiger partial charge on any atom is 0.309 e. The van der Waals surface area contributed by atoms with Crippen molar-refractivity contribution < 1.29 is 14.3 Å². The van der Waals surface area contributed by atoms with Crippen LogP contribution in [0.25, 0.3) is 0 Å². The first kappa shape index (κ1) is 14.0. The Morgan fingerprint density at radius 2 is 2.00 bits per heavy atom. The van der Waals surface area contributed by atoms with Crippen LogP contribution < -0.4 is 10.6 Å². The van der Waals surface area contributed by atoms with Crippen LogP contribution in [0.2, 0.25) is 0 Å². The maximum atomic E-state index is 11.4. The number of hydrogen-bond donors (Lipinski definition) is 2. The minimum Gasteiger partial charge on any atom is -0.376 e. The van der Waals surface area contributed by atoms with Gasteiger partial charge in [0, 0.05) is 19.7 Å². The number of rotatable bonds is 5. The predicted octanol–water partition coefficient (Wildman–Crippen LogP) is 0.444. The highest BCUT2D eigenvalue weighted by atomic mass is 16.5. The van der Waals surface area contributed by atoms with Gasteiger partial charge in [0.2, 0.25) is 0 Å². The van der Waals surface area contributed by atoms with Gasteiger partial charge in [-0.3, -0.25) is 9.59 Å². The Hall–Kier alpha value is -1.10. The largest absolute Gasteiger partial charge is 0.376 e. The lowest BCUT2D eigenvalue weighted by Gasteiger charge is -2.11. The van der Waals surface area contributed by atoms with E-state index in [0.717, 1.165) is 25.9 Å². The first-order chi connectivity index (χ1) is 8.09. The van der Waals surface area contributed by atoms with Crippen molar-refractivity contribution in [1.82, 2.24) is 10.6 Å². The molecule has 1 atom stereocenters. The molecule has 2 amide bonds. The van der Waals surface area contributed by atoms with E-state index in [1.54, 1.807) is 0 Å². The van der Waals surface area contributed by atoms with E-state index in [2.05, 4.69) is 24.5 Å². The second-order valence-corrected chi connectivity index (χ2v) is 4.78. The van der Waals surface area contributed by atoms with E-state index in [4.69, 9.17) is 4.74 Å². The molecular formula is C12H22N2O3. The molecule has 0 aromatic heterocycles. The van der Waals surface area contributed by atoms with Crippen LogP contribution in [0.5, 0.6) is 0 Å². The lowest BCUT2D eigenvalue weighted by molar-refractivity contribution is -0.139. The third-order valence-corrected chi connectivity index (χ3v) is 2.73. The van der Waals surface area contributed by atoms with Crippen molar-refractivity contribution in [3.8, 4) is 0 Å². The van der Waals surface area contributed by atoms with Gasteiger partial charge < -0.3 is 15.4 Å². The van der Waals surface area contributed by atoms with Gasteiger partial charge in [0.25, 0.3) is 0 Å². The van der Waals surface area contributed by atoms with Gasteiger partial charge in [-0.1, -0.05) is 13.8 Å². The molecule has 0 aromatic carbocycles. The second kappa shape index (κ2) is 7.27. The topological polar surface area (TPSA) is 67.4 Å². The summed E-state index contributed by atoms with van der Waals surface area (Å²) in [7, 11) is 0.